The first-order chi connectivity index (χ1) is 14.0. The Bertz CT molecular complexity index is 797. The molecule has 1 fully saturated rings. The summed E-state index contributed by atoms with van der Waals surface area (Å²) in [4.78, 5) is 30.3. The first-order valence-electron chi connectivity index (χ1n) is 9.98. The number of ether oxygens (including phenoxy) is 1. The van der Waals surface area contributed by atoms with E-state index in [0.29, 0.717) is 11.6 Å². The van der Waals surface area contributed by atoms with Crippen LogP contribution in [0.4, 0.5) is 5.69 Å². The number of carbonyl (C=O) groups excluding carboxylic acids is 2. The first kappa shape index (κ1) is 21.3. The normalized spacial score (nSPS) is 15.9. The average molecular weight is 416 g/mol. The Labute approximate surface area is 176 Å². The van der Waals surface area contributed by atoms with Crippen molar-refractivity contribution in [3.05, 3.63) is 52.2 Å². The van der Waals surface area contributed by atoms with Crippen molar-refractivity contribution in [2.75, 3.05) is 38.2 Å². The van der Waals surface area contributed by atoms with Crippen LogP contribution in [-0.4, -0.2) is 56.1 Å². The standard InChI is InChI=1S/C22H29N3O3S/c1-16(2)24-10-12-25(13-11-24)18-8-6-17(7-9-18)22(27)23-19(15-21(26)28-3)20-5-4-14-29-20/h4-9,14,16,19H,10-13,15H2,1-3H3,(H,23,27). The molecule has 1 saturated heterocycles. The quantitative estimate of drug-likeness (QED) is 0.703. The molecule has 6 nitrogen and oxygen atoms in total. The maximum atomic E-state index is 12.7. The van der Waals surface area contributed by atoms with Gasteiger partial charge in [-0.25, -0.2) is 0 Å². The summed E-state index contributed by atoms with van der Waals surface area (Å²) in [5, 5.41) is 4.90. The SMILES string of the molecule is COC(=O)CC(NC(=O)c1ccc(N2CCN(C(C)C)CC2)cc1)c1cccs1. The zero-order valence-electron chi connectivity index (χ0n) is 17.3. The van der Waals surface area contributed by atoms with Gasteiger partial charge >= 0.3 is 5.97 Å². The van der Waals surface area contributed by atoms with E-state index < -0.39 is 6.04 Å². The lowest BCUT2D eigenvalue weighted by Crippen LogP contribution is -2.48. The van der Waals surface area contributed by atoms with Gasteiger partial charge in [0.15, 0.2) is 0 Å². The summed E-state index contributed by atoms with van der Waals surface area (Å²) in [5.74, 6) is -0.539. The van der Waals surface area contributed by atoms with Gasteiger partial charge in [0.25, 0.3) is 5.91 Å². The van der Waals surface area contributed by atoms with Crippen LogP contribution in [0.15, 0.2) is 41.8 Å². The molecule has 1 aromatic heterocycles. The van der Waals surface area contributed by atoms with E-state index in [2.05, 4.69) is 29.0 Å². The van der Waals surface area contributed by atoms with Gasteiger partial charge in [-0.05, 0) is 49.6 Å². The zero-order chi connectivity index (χ0) is 20.8. The lowest BCUT2D eigenvalue weighted by Gasteiger charge is -2.38. The average Bonchev–Trinajstić information content (AvgIpc) is 3.28. The van der Waals surface area contributed by atoms with Crippen LogP contribution in [0.2, 0.25) is 0 Å². The summed E-state index contributed by atoms with van der Waals surface area (Å²) in [5.41, 5.74) is 1.72. The Hall–Kier alpha value is -2.38. The van der Waals surface area contributed by atoms with Crippen LogP contribution in [0.25, 0.3) is 0 Å². The number of carbonyl (C=O) groups is 2. The molecule has 0 aliphatic carbocycles. The molecule has 0 saturated carbocycles. The molecule has 2 aromatic rings. The van der Waals surface area contributed by atoms with Gasteiger partial charge in [-0.2, -0.15) is 0 Å². The number of hydrogen-bond acceptors (Lipinski definition) is 6. The highest BCUT2D eigenvalue weighted by Gasteiger charge is 2.22. The van der Waals surface area contributed by atoms with E-state index in [1.807, 2.05) is 41.8 Å². The predicted octanol–water partition coefficient (Wildman–Crippen LogP) is 3.31. The van der Waals surface area contributed by atoms with Crippen LogP contribution in [0.5, 0.6) is 0 Å². The summed E-state index contributed by atoms with van der Waals surface area (Å²) in [6.45, 7) is 8.54. The molecule has 156 valence electrons. The second kappa shape index (κ2) is 9.89. The maximum Gasteiger partial charge on any atom is 0.307 e. The number of benzene rings is 1. The van der Waals surface area contributed by atoms with Gasteiger partial charge in [0.2, 0.25) is 0 Å². The van der Waals surface area contributed by atoms with E-state index >= 15 is 0 Å². The van der Waals surface area contributed by atoms with Crippen molar-refractivity contribution in [1.29, 1.82) is 0 Å². The van der Waals surface area contributed by atoms with Crippen LogP contribution in [-0.2, 0) is 9.53 Å². The van der Waals surface area contributed by atoms with E-state index in [4.69, 9.17) is 4.74 Å². The number of hydrogen-bond donors (Lipinski definition) is 1. The van der Waals surface area contributed by atoms with Crippen molar-refractivity contribution in [3.63, 3.8) is 0 Å². The summed E-state index contributed by atoms with van der Waals surface area (Å²) in [6.07, 6.45) is 0.112. The molecular formula is C22H29N3O3S. The zero-order valence-corrected chi connectivity index (χ0v) is 18.1. The van der Waals surface area contributed by atoms with Gasteiger partial charge < -0.3 is 15.0 Å². The van der Waals surface area contributed by atoms with Gasteiger partial charge in [-0.15, -0.1) is 11.3 Å². The first-order valence-corrected chi connectivity index (χ1v) is 10.9. The number of amides is 1. The highest BCUT2D eigenvalue weighted by molar-refractivity contribution is 7.10. The van der Waals surface area contributed by atoms with E-state index in [1.165, 1.54) is 18.4 Å². The van der Waals surface area contributed by atoms with Crippen molar-refractivity contribution in [2.45, 2.75) is 32.4 Å². The highest BCUT2D eigenvalue weighted by Crippen LogP contribution is 2.24. The van der Waals surface area contributed by atoms with Crippen LogP contribution in [0.1, 0.15) is 41.5 Å². The second-order valence-corrected chi connectivity index (χ2v) is 8.46. The Kier molecular flexibility index (Phi) is 7.28. The molecule has 29 heavy (non-hydrogen) atoms. The maximum absolute atomic E-state index is 12.7. The highest BCUT2D eigenvalue weighted by atomic mass is 32.1. The Morgan fingerprint density at radius 2 is 1.79 bits per heavy atom. The van der Waals surface area contributed by atoms with Crippen LogP contribution < -0.4 is 10.2 Å². The lowest BCUT2D eigenvalue weighted by atomic mass is 10.1. The van der Waals surface area contributed by atoms with Gasteiger partial charge in [0, 0.05) is 48.3 Å². The molecule has 1 aliphatic rings. The van der Waals surface area contributed by atoms with Crippen molar-refractivity contribution < 1.29 is 14.3 Å². The van der Waals surface area contributed by atoms with Crippen molar-refractivity contribution in [3.8, 4) is 0 Å². The minimum atomic E-state index is -0.390. The molecule has 1 amide bonds. The Morgan fingerprint density at radius 3 is 2.34 bits per heavy atom. The Morgan fingerprint density at radius 1 is 1.10 bits per heavy atom. The summed E-state index contributed by atoms with van der Waals surface area (Å²) in [6, 6.07) is 11.7. The van der Waals surface area contributed by atoms with Crippen LogP contribution in [0, 0.1) is 0 Å². The molecule has 1 aromatic carbocycles. The fraction of sp³-hybridized carbons (Fsp3) is 0.455. The third kappa shape index (κ3) is 5.58. The van der Waals surface area contributed by atoms with Gasteiger partial charge in [0.1, 0.15) is 0 Å². The number of esters is 1. The molecule has 1 N–H and O–H groups in total. The van der Waals surface area contributed by atoms with E-state index in [-0.39, 0.29) is 18.3 Å². The van der Waals surface area contributed by atoms with Gasteiger partial charge in [-0.1, -0.05) is 6.07 Å². The third-order valence-electron chi connectivity index (χ3n) is 5.33. The summed E-state index contributed by atoms with van der Waals surface area (Å²) < 4.78 is 4.78. The minimum absolute atomic E-state index is 0.112. The molecule has 0 bridgehead atoms. The molecule has 1 atom stereocenters. The fourth-order valence-electron chi connectivity index (χ4n) is 3.52. The number of thiophene rings is 1. The molecule has 7 heteroatoms. The molecule has 1 aliphatic heterocycles. The molecule has 0 radical (unpaired) electrons. The summed E-state index contributed by atoms with van der Waals surface area (Å²) >= 11 is 1.51. The predicted molar refractivity (Wildman–Crippen MR) is 117 cm³/mol. The van der Waals surface area contributed by atoms with Crippen LogP contribution >= 0.6 is 11.3 Å². The fourth-order valence-corrected chi connectivity index (χ4v) is 4.30. The number of methoxy groups -OCH3 is 1. The number of nitrogens with one attached hydrogen (secondary N) is 1. The van der Waals surface area contributed by atoms with Gasteiger partial charge in [-0.3, -0.25) is 14.5 Å². The number of anilines is 1. The van der Waals surface area contributed by atoms with E-state index in [9.17, 15) is 9.59 Å². The topological polar surface area (TPSA) is 61.9 Å². The van der Waals surface area contributed by atoms with Gasteiger partial charge in [0.05, 0.1) is 19.6 Å². The molecule has 3 rings (SSSR count). The van der Waals surface area contributed by atoms with Crippen molar-refractivity contribution in [2.24, 2.45) is 0 Å². The van der Waals surface area contributed by atoms with Crippen molar-refractivity contribution in [1.82, 2.24) is 10.2 Å². The molecular weight excluding hydrogens is 386 g/mol. The van der Waals surface area contributed by atoms with Crippen LogP contribution in [0.3, 0.4) is 0 Å². The summed E-state index contributed by atoms with van der Waals surface area (Å²) in [7, 11) is 1.36. The largest absolute Gasteiger partial charge is 0.469 e. The monoisotopic (exact) mass is 415 g/mol. The molecule has 2 heterocycles. The lowest BCUT2D eigenvalue weighted by molar-refractivity contribution is -0.141. The molecule has 0 spiro atoms. The third-order valence-corrected chi connectivity index (χ3v) is 6.32. The van der Waals surface area contributed by atoms with E-state index in [0.717, 1.165) is 36.7 Å². The second-order valence-electron chi connectivity index (χ2n) is 7.49. The number of rotatable bonds is 7. The Balaban J connectivity index is 1.63. The minimum Gasteiger partial charge on any atom is -0.469 e. The molecule has 1 unspecified atom stereocenters. The number of nitrogens with zero attached hydrogens (tertiary/aromatic N) is 2. The number of piperazine rings is 1. The van der Waals surface area contributed by atoms with Crippen molar-refractivity contribution >= 4 is 28.9 Å². The van der Waals surface area contributed by atoms with E-state index in [1.54, 1.807) is 0 Å². The smallest absolute Gasteiger partial charge is 0.307 e.